The molecule has 11 heteroatoms. The molecule has 166 valence electrons. The number of halogens is 2. The number of aliphatic hydroxyl groups is 1. The van der Waals surface area contributed by atoms with Gasteiger partial charge < -0.3 is 20.5 Å². The molecule has 1 unspecified atom stereocenters. The molecule has 0 aromatic carbocycles. The van der Waals surface area contributed by atoms with E-state index >= 15 is 0 Å². The molecule has 3 N–H and O–H groups in total. The summed E-state index contributed by atoms with van der Waals surface area (Å²) in [4.78, 5) is 16.3. The van der Waals surface area contributed by atoms with Crippen molar-refractivity contribution in [3.63, 3.8) is 0 Å². The molecule has 0 spiro atoms. The molecule has 2 atom stereocenters. The molecular formula is C20H25F2N7O2. The minimum atomic E-state index is -2.99. The Morgan fingerprint density at radius 1 is 1.39 bits per heavy atom. The fourth-order valence-electron chi connectivity index (χ4n) is 3.41. The van der Waals surface area contributed by atoms with E-state index in [-0.39, 0.29) is 30.0 Å². The quantitative estimate of drug-likeness (QED) is 0.575. The topological polar surface area (TPSA) is 129 Å². The zero-order valence-electron chi connectivity index (χ0n) is 17.4. The number of nitriles is 1. The third-order valence-corrected chi connectivity index (χ3v) is 4.85. The van der Waals surface area contributed by atoms with E-state index in [9.17, 15) is 19.1 Å². The smallest absolute Gasteiger partial charge is 0.278 e. The lowest BCUT2D eigenvalue weighted by molar-refractivity contribution is -0.0245. The number of hydrogen-bond acceptors (Lipinski definition) is 9. The largest absolute Gasteiger partial charge is 0.471 e. The first-order valence-electron chi connectivity index (χ1n) is 9.95. The van der Waals surface area contributed by atoms with Gasteiger partial charge in [-0.1, -0.05) is 0 Å². The van der Waals surface area contributed by atoms with Crippen molar-refractivity contribution >= 4 is 11.8 Å². The van der Waals surface area contributed by atoms with Crippen LogP contribution in [0, 0.1) is 11.3 Å². The van der Waals surface area contributed by atoms with E-state index in [0.717, 1.165) is 26.2 Å². The maximum Gasteiger partial charge on any atom is 0.278 e. The van der Waals surface area contributed by atoms with Crippen LogP contribution >= 0.6 is 0 Å². The van der Waals surface area contributed by atoms with Crippen molar-refractivity contribution < 1.29 is 18.6 Å². The number of alkyl halides is 2. The van der Waals surface area contributed by atoms with Crippen molar-refractivity contribution in [2.24, 2.45) is 0 Å². The molecule has 1 saturated carbocycles. The van der Waals surface area contributed by atoms with Gasteiger partial charge in [-0.15, -0.1) is 0 Å². The minimum Gasteiger partial charge on any atom is -0.471 e. The maximum absolute atomic E-state index is 13.1. The van der Waals surface area contributed by atoms with Gasteiger partial charge in [-0.05, 0) is 32.6 Å². The lowest BCUT2D eigenvalue weighted by atomic mass is 9.83. The molecule has 0 aliphatic heterocycles. The van der Waals surface area contributed by atoms with Gasteiger partial charge in [0.2, 0.25) is 11.8 Å². The highest BCUT2D eigenvalue weighted by molar-refractivity contribution is 5.54. The van der Waals surface area contributed by atoms with Crippen molar-refractivity contribution in [3.05, 3.63) is 29.8 Å². The molecule has 0 amide bonds. The minimum absolute atomic E-state index is 0.0168. The lowest BCUT2D eigenvalue weighted by Crippen LogP contribution is -2.38. The first kappa shape index (κ1) is 22.6. The van der Waals surface area contributed by atoms with Gasteiger partial charge in [0.1, 0.15) is 23.8 Å². The second-order valence-electron chi connectivity index (χ2n) is 8.07. The Labute approximate surface area is 178 Å². The zero-order valence-corrected chi connectivity index (χ0v) is 17.4. The Morgan fingerprint density at radius 3 is 2.90 bits per heavy atom. The summed E-state index contributed by atoms with van der Waals surface area (Å²) < 4.78 is 31.3. The van der Waals surface area contributed by atoms with Crippen LogP contribution in [0.5, 0.6) is 5.88 Å². The van der Waals surface area contributed by atoms with Crippen LogP contribution in [0.1, 0.15) is 50.7 Å². The third kappa shape index (κ3) is 6.68. The molecule has 1 fully saturated rings. The summed E-state index contributed by atoms with van der Waals surface area (Å²) in [5, 5.41) is 25.9. The molecule has 2 aromatic heterocycles. The molecule has 9 nitrogen and oxygen atoms in total. The number of anilines is 2. The van der Waals surface area contributed by atoms with Gasteiger partial charge in [-0.25, -0.2) is 23.7 Å². The standard InChI is InChI=1S/C20H25F2N7O2/c1-19(30)5-3-4-15(6-19)28-16-13(7-23)9-25-18(29-16)26-10-14-8-24-12-27-17(14)31-11-20(2,21)22/h8-9,12,15,30H,3-6,10-11H2,1-2H3,(H2,25,26,28,29)/t15-,19?/m0/s1. The molecule has 2 aromatic rings. The average molecular weight is 433 g/mol. The first-order chi connectivity index (χ1) is 14.6. The molecule has 2 heterocycles. The number of nitrogens with zero attached hydrogens (tertiary/aromatic N) is 5. The molecular weight excluding hydrogens is 408 g/mol. The SMILES string of the molecule is CC(F)(F)COc1ncncc1CNc1ncc(C#N)c(N[C@H]2CCCC(C)(O)C2)n1. The maximum atomic E-state index is 13.1. The van der Waals surface area contributed by atoms with Crippen LogP contribution in [0.2, 0.25) is 0 Å². The van der Waals surface area contributed by atoms with Crippen molar-refractivity contribution in [1.29, 1.82) is 5.26 Å². The summed E-state index contributed by atoms with van der Waals surface area (Å²) >= 11 is 0. The molecule has 0 bridgehead atoms. The lowest BCUT2D eigenvalue weighted by Gasteiger charge is -2.34. The van der Waals surface area contributed by atoms with E-state index in [1.807, 2.05) is 0 Å². The summed E-state index contributed by atoms with van der Waals surface area (Å²) in [5.74, 6) is -2.34. The van der Waals surface area contributed by atoms with E-state index in [1.165, 1.54) is 18.7 Å². The summed E-state index contributed by atoms with van der Waals surface area (Å²) in [6, 6.07) is 2.04. The van der Waals surface area contributed by atoms with Crippen LogP contribution in [0.25, 0.3) is 0 Å². The van der Waals surface area contributed by atoms with Crippen molar-refractivity contribution in [3.8, 4) is 11.9 Å². The second kappa shape index (κ2) is 9.34. The molecule has 1 aliphatic carbocycles. The fourth-order valence-corrected chi connectivity index (χ4v) is 3.41. The highest BCUT2D eigenvalue weighted by Gasteiger charge is 2.30. The second-order valence-corrected chi connectivity index (χ2v) is 8.07. The summed E-state index contributed by atoms with van der Waals surface area (Å²) in [6.45, 7) is 1.89. The predicted molar refractivity (Wildman–Crippen MR) is 109 cm³/mol. The van der Waals surface area contributed by atoms with Crippen LogP contribution in [-0.4, -0.2) is 49.2 Å². The highest BCUT2D eigenvalue weighted by Crippen LogP contribution is 2.30. The Bertz CT molecular complexity index is 944. The number of hydrogen-bond donors (Lipinski definition) is 3. The van der Waals surface area contributed by atoms with Gasteiger partial charge in [-0.2, -0.15) is 10.2 Å². The number of aromatic nitrogens is 4. The van der Waals surface area contributed by atoms with Gasteiger partial charge in [0.15, 0.2) is 6.61 Å². The van der Waals surface area contributed by atoms with E-state index in [2.05, 4.69) is 36.6 Å². The Hall–Kier alpha value is -3.13. The van der Waals surface area contributed by atoms with Crippen LogP contribution in [0.3, 0.4) is 0 Å². The summed E-state index contributed by atoms with van der Waals surface area (Å²) in [6.07, 6.45) is 7.08. The fraction of sp³-hybridized carbons (Fsp3) is 0.550. The van der Waals surface area contributed by atoms with E-state index in [4.69, 9.17) is 4.74 Å². The normalized spacial score (nSPS) is 21.2. The highest BCUT2D eigenvalue weighted by atomic mass is 19.3. The van der Waals surface area contributed by atoms with Crippen molar-refractivity contribution in [2.45, 2.75) is 63.6 Å². The van der Waals surface area contributed by atoms with Crippen molar-refractivity contribution in [2.75, 3.05) is 17.2 Å². The molecule has 31 heavy (non-hydrogen) atoms. The first-order valence-corrected chi connectivity index (χ1v) is 9.95. The zero-order chi connectivity index (χ0) is 22.5. The number of rotatable bonds is 8. The van der Waals surface area contributed by atoms with Crippen LogP contribution < -0.4 is 15.4 Å². The van der Waals surface area contributed by atoms with Gasteiger partial charge >= 0.3 is 0 Å². The predicted octanol–water partition coefficient (Wildman–Crippen LogP) is 2.89. The van der Waals surface area contributed by atoms with E-state index in [1.54, 1.807) is 6.92 Å². The van der Waals surface area contributed by atoms with Crippen LogP contribution in [0.15, 0.2) is 18.7 Å². The van der Waals surface area contributed by atoms with E-state index < -0.39 is 18.1 Å². The Kier molecular flexibility index (Phi) is 6.80. The van der Waals surface area contributed by atoms with Gasteiger partial charge in [0.25, 0.3) is 5.92 Å². The van der Waals surface area contributed by atoms with Crippen LogP contribution in [0.4, 0.5) is 20.5 Å². The molecule has 0 saturated heterocycles. The third-order valence-electron chi connectivity index (χ3n) is 4.85. The summed E-state index contributed by atoms with van der Waals surface area (Å²) in [7, 11) is 0. The van der Waals surface area contributed by atoms with Crippen LogP contribution in [-0.2, 0) is 6.54 Å². The number of ether oxygens (including phenoxy) is 1. The number of nitrogens with one attached hydrogen (secondary N) is 2. The molecule has 3 rings (SSSR count). The van der Waals surface area contributed by atoms with Gasteiger partial charge in [-0.3, -0.25) is 0 Å². The van der Waals surface area contributed by atoms with Crippen molar-refractivity contribution in [1.82, 2.24) is 19.9 Å². The monoisotopic (exact) mass is 433 g/mol. The molecule has 0 radical (unpaired) electrons. The Morgan fingerprint density at radius 2 is 2.19 bits per heavy atom. The van der Waals surface area contributed by atoms with E-state index in [0.29, 0.717) is 17.8 Å². The van der Waals surface area contributed by atoms with Gasteiger partial charge in [0, 0.05) is 25.7 Å². The Balaban J connectivity index is 1.69. The summed E-state index contributed by atoms with van der Waals surface area (Å²) in [5.41, 5.74) is -0.0129. The average Bonchev–Trinajstić information content (AvgIpc) is 2.70. The van der Waals surface area contributed by atoms with Gasteiger partial charge in [0.05, 0.1) is 17.4 Å². The molecule has 1 aliphatic rings.